The summed E-state index contributed by atoms with van der Waals surface area (Å²) in [5, 5.41) is 2.36. The predicted octanol–water partition coefficient (Wildman–Crippen LogP) is 12.0. The Morgan fingerprint density at radius 1 is 0.360 bits per heavy atom. The first-order chi connectivity index (χ1) is 24.8. The van der Waals surface area contributed by atoms with Crippen molar-refractivity contribution >= 4 is 38.9 Å². The maximum absolute atomic E-state index is 5.18. The SMILES string of the molecule is c1ccc(-c2cc(-n3c4ccccc4c4cc(-c5ccc(N(c6ccccc6)c6ccccc6)cc5)ccc43)nc(-c3ccccc3)n2)cc1. The van der Waals surface area contributed by atoms with E-state index in [9.17, 15) is 0 Å². The molecule has 0 saturated carbocycles. The lowest BCUT2D eigenvalue weighted by molar-refractivity contribution is 1.05. The highest BCUT2D eigenvalue weighted by atomic mass is 15.1. The van der Waals surface area contributed by atoms with Crippen LogP contribution in [0.3, 0.4) is 0 Å². The Kier molecular flexibility index (Phi) is 7.45. The fourth-order valence-corrected chi connectivity index (χ4v) is 6.83. The molecular weight excluding hydrogens is 609 g/mol. The maximum atomic E-state index is 5.18. The van der Waals surface area contributed by atoms with Crippen molar-refractivity contribution in [3.8, 4) is 39.6 Å². The predicted molar refractivity (Wildman–Crippen MR) is 207 cm³/mol. The van der Waals surface area contributed by atoms with Gasteiger partial charge in [-0.25, -0.2) is 9.97 Å². The van der Waals surface area contributed by atoms with Gasteiger partial charge in [0.25, 0.3) is 0 Å². The second kappa shape index (κ2) is 12.7. The van der Waals surface area contributed by atoms with E-state index in [1.165, 1.54) is 10.8 Å². The van der Waals surface area contributed by atoms with E-state index in [2.05, 4.69) is 179 Å². The number of para-hydroxylation sites is 3. The molecule has 0 aliphatic rings. The van der Waals surface area contributed by atoms with Crippen molar-refractivity contribution in [2.45, 2.75) is 0 Å². The molecule has 2 aromatic heterocycles. The zero-order valence-electron chi connectivity index (χ0n) is 27.3. The Balaban J connectivity index is 1.16. The molecule has 0 atom stereocenters. The van der Waals surface area contributed by atoms with Gasteiger partial charge < -0.3 is 4.90 Å². The number of hydrogen-bond acceptors (Lipinski definition) is 3. The van der Waals surface area contributed by atoms with Crippen molar-refractivity contribution < 1.29 is 0 Å². The average molecular weight is 641 g/mol. The molecular formula is C46H32N4. The van der Waals surface area contributed by atoms with Gasteiger partial charge in [0, 0.05) is 45.0 Å². The summed E-state index contributed by atoms with van der Waals surface area (Å²) in [4.78, 5) is 12.5. The topological polar surface area (TPSA) is 34.0 Å². The minimum absolute atomic E-state index is 0.699. The molecule has 0 amide bonds. The molecule has 7 aromatic carbocycles. The largest absolute Gasteiger partial charge is 0.311 e. The van der Waals surface area contributed by atoms with Crippen molar-refractivity contribution in [2.75, 3.05) is 4.90 Å². The standard InChI is InChI=1S/C46H32N4/c1-5-15-34(16-6-1)42-32-45(48-46(47-42)35-17-7-2-8-18-35)50-43-24-14-13-23-40(43)41-31-36(27-30-44(41)50)33-25-28-39(29-26-33)49(37-19-9-3-10-20-37)38-21-11-4-12-22-38/h1-32H. The summed E-state index contributed by atoms with van der Waals surface area (Å²) in [6, 6.07) is 67.9. The Morgan fingerprint density at radius 2 is 0.880 bits per heavy atom. The van der Waals surface area contributed by atoms with Crippen molar-refractivity contribution in [3.63, 3.8) is 0 Å². The van der Waals surface area contributed by atoms with E-state index in [1.54, 1.807) is 0 Å². The monoisotopic (exact) mass is 640 g/mol. The fourth-order valence-electron chi connectivity index (χ4n) is 6.83. The molecule has 0 fully saturated rings. The summed E-state index contributed by atoms with van der Waals surface area (Å²) in [5.74, 6) is 1.53. The van der Waals surface area contributed by atoms with Crippen LogP contribution in [-0.4, -0.2) is 14.5 Å². The number of aromatic nitrogens is 3. The summed E-state index contributed by atoms with van der Waals surface area (Å²) < 4.78 is 2.27. The van der Waals surface area contributed by atoms with Crippen molar-refractivity contribution in [3.05, 3.63) is 194 Å². The van der Waals surface area contributed by atoms with Gasteiger partial charge >= 0.3 is 0 Å². The number of hydrogen-bond donors (Lipinski definition) is 0. The van der Waals surface area contributed by atoms with Gasteiger partial charge in [-0.05, 0) is 65.7 Å². The van der Waals surface area contributed by atoms with Gasteiger partial charge in [-0.1, -0.05) is 133 Å². The van der Waals surface area contributed by atoms with E-state index in [0.29, 0.717) is 5.82 Å². The molecule has 0 saturated heterocycles. The van der Waals surface area contributed by atoms with E-state index in [-0.39, 0.29) is 0 Å². The van der Waals surface area contributed by atoms with Crippen LogP contribution in [-0.2, 0) is 0 Å². The number of nitrogens with zero attached hydrogens (tertiary/aromatic N) is 4. The van der Waals surface area contributed by atoms with Crippen LogP contribution in [0.1, 0.15) is 0 Å². The van der Waals surface area contributed by atoms with Crippen molar-refractivity contribution in [2.24, 2.45) is 0 Å². The molecule has 0 aliphatic heterocycles. The van der Waals surface area contributed by atoms with Gasteiger partial charge in [-0.3, -0.25) is 4.57 Å². The molecule has 236 valence electrons. The second-order valence-corrected chi connectivity index (χ2v) is 12.3. The highest BCUT2D eigenvalue weighted by Gasteiger charge is 2.18. The normalized spacial score (nSPS) is 11.2. The maximum Gasteiger partial charge on any atom is 0.162 e. The molecule has 0 spiro atoms. The quantitative estimate of drug-likeness (QED) is 0.174. The molecule has 9 aromatic rings. The van der Waals surface area contributed by atoms with Gasteiger partial charge in [0.2, 0.25) is 0 Å². The molecule has 2 heterocycles. The highest BCUT2D eigenvalue weighted by molar-refractivity contribution is 6.10. The average Bonchev–Trinajstić information content (AvgIpc) is 3.53. The Bertz CT molecular complexity index is 2460. The van der Waals surface area contributed by atoms with Crippen LogP contribution in [0, 0.1) is 0 Å². The van der Waals surface area contributed by atoms with E-state index in [0.717, 1.165) is 61.9 Å². The van der Waals surface area contributed by atoms with Crippen LogP contribution in [0.25, 0.3) is 61.4 Å². The summed E-state index contributed by atoms with van der Waals surface area (Å²) in [6.45, 7) is 0. The van der Waals surface area contributed by atoms with E-state index in [1.807, 2.05) is 24.3 Å². The Morgan fingerprint density at radius 3 is 1.54 bits per heavy atom. The second-order valence-electron chi connectivity index (χ2n) is 12.3. The third kappa shape index (κ3) is 5.39. The molecule has 0 bridgehead atoms. The number of benzene rings is 7. The van der Waals surface area contributed by atoms with Crippen LogP contribution >= 0.6 is 0 Å². The first-order valence-corrected chi connectivity index (χ1v) is 16.8. The van der Waals surface area contributed by atoms with Gasteiger partial charge in [-0.15, -0.1) is 0 Å². The Labute approximate surface area is 291 Å². The minimum Gasteiger partial charge on any atom is -0.311 e. The molecule has 0 aliphatic carbocycles. The minimum atomic E-state index is 0.699. The zero-order valence-corrected chi connectivity index (χ0v) is 27.3. The smallest absolute Gasteiger partial charge is 0.162 e. The van der Waals surface area contributed by atoms with Gasteiger partial charge in [0.1, 0.15) is 5.82 Å². The third-order valence-corrected chi connectivity index (χ3v) is 9.20. The number of anilines is 3. The number of fused-ring (bicyclic) bond motifs is 3. The summed E-state index contributed by atoms with van der Waals surface area (Å²) in [7, 11) is 0. The first-order valence-electron chi connectivity index (χ1n) is 16.8. The molecule has 0 radical (unpaired) electrons. The zero-order chi connectivity index (χ0) is 33.3. The van der Waals surface area contributed by atoms with Crippen LogP contribution in [0.2, 0.25) is 0 Å². The molecule has 4 nitrogen and oxygen atoms in total. The lowest BCUT2D eigenvalue weighted by Gasteiger charge is -2.25. The van der Waals surface area contributed by atoms with Crippen LogP contribution in [0.5, 0.6) is 0 Å². The molecule has 9 rings (SSSR count). The lowest BCUT2D eigenvalue weighted by atomic mass is 10.0. The van der Waals surface area contributed by atoms with Crippen molar-refractivity contribution in [1.82, 2.24) is 14.5 Å². The van der Waals surface area contributed by atoms with Gasteiger partial charge in [0.05, 0.1) is 16.7 Å². The molecule has 0 N–H and O–H groups in total. The van der Waals surface area contributed by atoms with Crippen molar-refractivity contribution in [1.29, 1.82) is 0 Å². The van der Waals surface area contributed by atoms with E-state index >= 15 is 0 Å². The first kappa shape index (κ1) is 29.4. The molecule has 4 heteroatoms. The van der Waals surface area contributed by atoms with Gasteiger partial charge in [-0.2, -0.15) is 0 Å². The lowest BCUT2D eigenvalue weighted by Crippen LogP contribution is -2.09. The van der Waals surface area contributed by atoms with Crippen LogP contribution in [0.15, 0.2) is 194 Å². The summed E-state index contributed by atoms with van der Waals surface area (Å²) in [6.07, 6.45) is 0. The highest BCUT2D eigenvalue weighted by Crippen LogP contribution is 2.38. The van der Waals surface area contributed by atoms with Gasteiger partial charge in [0.15, 0.2) is 5.82 Å². The molecule has 50 heavy (non-hydrogen) atoms. The summed E-state index contributed by atoms with van der Waals surface area (Å²) in [5.41, 5.74) is 10.8. The van der Waals surface area contributed by atoms with E-state index < -0.39 is 0 Å². The van der Waals surface area contributed by atoms with Crippen LogP contribution in [0.4, 0.5) is 17.1 Å². The van der Waals surface area contributed by atoms with E-state index in [4.69, 9.17) is 9.97 Å². The number of rotatable bonds is 7. The fraction of sp³-hybridized carbons (Fsp3) is 0. The third-order valence-electron chi connectivity index (χ3n) is 9.20. The van der Waals surface area contributed by atoms with Crippen LogP contribution < -0.4 is 4.90 Å². The summed E-state index contributed by atoms with van der Waals surface area (Å²) >= 11 is 0. The Hall–Kier alpha value is -6.78. The molecule has 0 unspecified atom stereocenters.